The molecule has 0 aliphatic carbocycles. The van der Waals surface area contributed by atoms with Crippen LogP contribution in [0.2, 0.25) is 0 Å². The summed E-state index contributed by atoms with van der Waals surface area (Å²) in [6, 6.07) is 23.0. The van der Waals surface area contributed by atoms with Gasteiger partial charge in [-0.25, -0.2) is 4.98 Å². The summed E-state index contributed by atoms with van der Waals surface area (Å²) in [5.41, 5.74) is 8.13. The van der Waals surface area contributed by atoms with E-state index in [1.54, 1.807) is 0 Å². The molecule has 5 nitrogen and oxygen atoms in total. The van der Waals surface area contributed by atoms with Gasteiger partial charge in [-0.05, 0) is 58.7 Å². The Morgan fingerprint density at radius 2 is 1.85 bits per heavy atom. The molecule has 0 saturated heterocycles. The molecule has 0 radical (unpaired) electrons. The van der Waals surface area contributed by atoms with Crippen molar-refractivity contribution in [2.45, 2.75) is 13.1 Å². The number of hydrogen-bond acceptors (Lipinski definition) is 5. The topological polar surface area (TPSA) is 46.4 Å². The fraction of sp³-hybridized carbons (Fsp3) is 0.214. The lowest BCUT2D eigenvalue weighted by Gasteiger charge is -2.35. The van der Waals surface area contributed by atoms with Crippen LogP contribution in [0.5, 0.6) is 0 Å². The third-order valence-corrected chi connectivity index (χ3v) is 6.22. The summed E-state index contributed by atoms with van der Waals surface area (Å²) >= 11 is 0. The van der Waals surface area contributed by atoms with Gasteiger partial charge >= 0.3 is 0 Å². The van der Waals surface area contributed by atoms with Crippen molar-refractivity contribution in [2.75, 3.05) is 37.0 Å². The van der Waals surface area contributed by atoms with Gasteiger partial charge in [-0.2, -0.15) is 5.26 Å². The standard InChI is InChI=1S/C28H27N5/c1-31(2)25-10-8-21(9-11-25)18-33-20-24-19-32(17-23-6-3-5-22(15-23)16-29)14-12-26(24)27-7-4-13-30-28(27)33/h3-13,15,20H,14,17-19H2,1-2H3. The zero-order valence-corrected chi connectivity index (χ0v) is 19.1. The highest BCUT2D eigenvalue weighted by atomic mass is 15.2. The van der Waals surface area contributed by atoms with Gasteiger partial charge in [0.15, 0.2) is 0 Å². The highest BCUT2D eigenvalue weighted by Crippen LogP contribution is 2.38. The van der Waals surface area contributed by atoms with Crippen molar-refractivity contribution >= 4 is 17.1 Å². The minimum atomic E-state index is 0.712. The third kappa shape index (κ3) is 4.39. The fourth-order valence-electron chi connectivity index (χ4n) is 4.56. The number of hydrogen-bond donors (Lipinski definition) is 0. The molecule has 3 aromatic rings. The number of pyridine rings is 1. The van der Waals surface area contributed by atoms with Gasteiger partial charge < -0.3 is 9.80 Å². The van der Waals surface area contributed by atoms with E-state index in [0.717, 1.165) is 32.0 Å². The molecule has 33 heavy (non-hydrogen) atoms. The quantitative estimate of drug-likeness (QED) is 0.577. The van der Waals surface area contributed by atoms with Crippen LogP contribution in [-0.2, 0) is 13.1 Å². The second-order valence-electron chi connectivity index (χ2n) is 8.82. The zero-order valence-electron chi connectivity index (χ0n) is 19.1. The Balaban J connectivity index is 1.41. The van der Waals surface area contributed by atoms with Crippen LogP contribution in [-0.4, -0.2) is 37.1 Å². The van der Waals surface area contributed by atoms with Crippen molar-refractivity contribution in [1.82, 2.24) is 9.88 Å². The van der Waals surface area contributed by atoms with Crippen molar-refractivity contribution in [1.29, 1.82) is 5.26 Å². The van der Waals surface area contributed by atoms with E-state index >= 15 is 0 Å². The molecule has 5 rings (SSSR count). The summed E-state index contributed by atoms with van der Waals surface area (Å²) in [5.74, 6) is 1.01. The third-order valence-electron chi connectivity index (χ3n) is 6.22. The molecule has 0 spiro atoms. The van der Waals surface area contributed by atoms with Crippen LogP contribution in [0.1, 0.15) is 22.3 Å². The second kappa shape index (κ2) is 8.93. The van der Waals surface area contributed by atoms with Gasteiger partial charge in [0.2, 0.25) is 0 Å². The number of anilines is 2. The molecule has 0 atom stereocenters. The van der Waals surface area contributed by atoms with Crippen LogP contribution in [0.25, 0.3) is 5.57 Å². The van der Waals surface area contributed by atoms with Crippen molar-refractivity contribution in [3.8, 4) is 6.07 Å². The molecule has 0 unspecified atom stereocenters. The van der Waals surface area contributed by atoms with Gasteiger partial charge in [0.05, 0.1) is 11.6 Å². The van der Waals surface area contributed by atoms with E-state index in [1.807, 2.05) is 30.5 Å². The van der Waals surface area contributed by atoms with Gasteiger partial charge in [-0.3, -0.25) is 4.90 Å². The average Bonchev–Trinajstić information content (AvgIpc) is 2.84. The van der Waals surface area contributed by atoms with Crippen molar-refractivity contribution in [2.24, 2.45) is 0 Å². The van der Waals surface area contributed by atoms with Crippen LogP contribution < -0.4 is 9.80 Å². The molecule has 0 saturated carbocycles. The highest BCUT2D eigenvalue weighted by Gasteiger charge is 2.27. The van der Waals surface area contributed by atoms with Crippen molar-refractivity contribution < 1.29 is 0 Å². The maximum atomic E-state index is 9.21. The maximum absolute atomic E-state index is 9.21. The monoisotopic (exact) mass is 433 g/mol. The van der Waals surface area contributed by atoms with Crippen LogP contribution in [0.3, 0.4) is 0 Å². The van der Waals surface area contributed by atoms with Gasteiger partial charge in [-0.15, -0.1) is 0 Å². The smallest absolute Gasteiger partial charge is 0.140 e. The first-order chi connectivity index (χ1) is 16.1. The minimum absolute atomic E-state index is 0.712. The van der Waals surface area contributed by atoms with E-state index in [-0.39, 0.29) is 0 Å². The summed E-state index contributed by atoms with van der Waals surface area (Å²) in [4.78, 5) is 11.5. The SMILES string of the molecule is CN(C)c1ccc(CN2C=C3CN(Cc4cccc(C#N)c4)CC=C3c3cccnc32)cc1. The number of nitriles is 1. The number of benzene rings is 2. The molecule has 3 heterocycles. The fourth-order valence-corrected chi connectivity index (χ4v) is 4.56. The maximum Gasteiger partial charge on any atom is 0.140 e. The first kappa shape index (κ1) is 21.0. The normalized spacial score (nSPS) is 15.1. The molecular formula is C28H27N5. The second-order valence-corrected chi connectivity index (χ2v) is 8.82. The molecule has 5 heteroatoms. The Labute approximate surface area is 195 Å². The van der Waals surface area contributed by atoms with Crippen molar-refractivity contribution in [3.63, 3.8) is 0 Å². The number of aromatic nitrogens is 1. The van der Waals surface area contributed by atoms with E-state index in [0.29, 0.717) is 5.56 Å². The molecule has 1 aromatic heterocycles. The van der Waals surface area contributed by atoms with E-state index in [2.05, 4.69) is 83.5 Å². The highest BCUT2D eigenvalue weighted by molar-refractivity contribution is 5.89. The Kier molecular flexibility index (Phi) is 5.68. The lowest BCUT2D eigenvalue weighted by Crippen LogP contribution is -2.33. The molecule has 0 amide bonds. The summed E-state index contributed by atoms with van der Waals surface area (Å²) in [6.07, 6.45) is 6.45. The number of rotatable bonds is 5. The number of fused-ring (bicyclic) bond motifs is 3. The van der Waals surface area contributed by atoms with Gasteiger partial charge in [0, 0.05) is 63.9 Å². The lowest BCUT2D eigenvalue weighted by atomic mass is 9.92. The van der Waals surface area contributed by atoms with Crippen LogP contribution in [0.4, 0.5) is 11.5 Å². The zero-order chi connectivity index (χ0) is 22.8. The minimum Gasteiger partial charge on any atom is -0.378 e. The van der Waals surface area contributed by atoms with E-state index in [4.69, 9.17) is 4.98 Å². The molecule has 2 aliphatic rings. The Morgan fingerprint density at radius 3 is 2.64 bits per heavy atom. The predicted molar refractivity (Wildman–Crippen MR) is 134 cm³/mol. The Bertz CT molecular complexity index is 1260. The van der Waals surface area contributed by atoms with Gasteiger partial charge in [-0.1, -0.05) is 30.3 Å². The van der Waals surface area contributed by atoms with E-state index < -0.39 is 0 Å². The van der Waals surface area contributed by atoms with Gasteiger partial charge in [0.25, 0.3) is 0 Å². The molecular weight excluding hydrogens is 406 g/mol. The van der Waals surface area contributed by atoms with E-state index in [9.17, 15) is 5.26 Å². The van der Waals surface area contributed by atoms with E-state index in [1.165, 1.54) is 33.5 Å². The van der Waals surface area contributed by atoms with Crippen LogP contribution in [0.15, 0.2) is 84.7 Å². The molecule has 0 bridgehead atoms. The summed E-state index contributed by atoms with van der Waals surface area (Å²) in [7, 11) is 4.12. The first-order valence-corrected chi connectivity index (χ1v) is 11.2. The summed E-state index contributed by atoms with van der Waals surface area (Å²) in [6.45, 7) is 3.35. The van der Waals surface area contributed by atoms with Crippen LogP contribution >= 0.6 is 0 Å². The number of nitrogens with zero attached hydrogens (tertiary/aromatic N) is 5. The summed E-state index contributed by atoms with van der Waals surface area (Å²) < 4.78 is 0. The molecule has 164 valence electrons. The largest absolute Gasteiger partial charge is 0.378 e. The predicted octanol–water partition coefficient (Wildman–Crippen LogP) is 4.82. The molecule has 2 aliphatic heterocycles. The Hall–Kier alpha value is -3.88. The molecule has 0 fully saturated rings. The van der Waals surface area contributed by atoms with Crippen molar-refractivity contribution in [3.05, 3.63) is 107 Å². The van der Waals surface area contributed by atoms with Gasteiger partial charge in [0.1, 0.15) is 5.82 Å². The Morgan fingerprint density at radius 1 is 1.00 bits per heavy atom. The summed E-state index contributed by atoms with van der Waals surface area (Å²) in [5, 5.41) is 9.21. The first-order valence-electron chi connectivity index (χ1n) is 11.2. The average molecular weight is 434 g/mol. The molecule has 0 N–H and O–H groups in total. The lowest BCUT2D eigenvalue weighted by molar-refractivity contribution is 0.317. The molecule has 2 aromatic carbocycles. The van der Waals surface area contributed by atoms with Crippen LogP contribution in [0, 0.1) is 11.3 Å².